The van der Waals surface area contributed by atoms with Gasteiger partial charge in [0.1, 0.15) is 11.4 Å². The quantitative estimate of drug-likeness (QED) is 0.874. The van der Waals surface area contributed by atoms with Crippen LogP contribution in [0.1, 0.15) is 17.3 Å². The molecule has 1 N–H and O–H groups in total. The van der Waals surface area contributed by atoms with E-state index in [1.165, 1.54) is 19.2 Å². The van der Waals surface area contributed by atoms with Crippen LogP contribution in [-0.2, 0) is 9.47 Å². The van der Waals surface area contributed by atoms with E-state index in [-0.39, 0.29) is 23.0 Å². The van der Waals surface area contributed by atoms with Crippen molar-refractivity contribution in [3.63, 3.8) is 0 Å². The standard InChI is InChI=1S/C13H17ClFNO3/c1-13(19-3,8-18-2)7-16-12(17)10-5-4-9(15)6-11(10)14/h4-6H,7-8H2,1-3H3,(H,16,17)/t13-/m1/s1. The highest BCUT2D eigenvalue weighted by Gasteiger charge is 2.25. The highest BCUT2D eigenvalue weighted by molar-refractivity contribution is 6.33. The molecule has 4 nitrogen and oxygen atoms in total. The van der Waals surface area contributed by atoms with Crippen LogP contribution in [0.3, 0.4) is 0 Å². The fraction of sp³-hybridized carbons (Fsp3) is 0.462. The third kappa shape index (κ3) is 4.45. The summed E-state index contributed by atoms with van der Waals surface area (Å²) in [4.78, 5) is 11.9. The lowest BCUT2D eigenvalue weighted by Gasteiger charge is -2.27. The number of benzene rings is 1. The number of carbonyl (C=O) groups excluding carboxylic acids is 1. The van der Waals surface area contributed by atoms with E-state index in [9.17, 15) is 9.18 Å². The van der Waals surface area contributed by atoms with Gasteiger partial charge in [-0.25, -0.2) is 4.39 Å². The van der Waals surface area contributed by atoms with Crippen LogP contribution in [0, 0.1) is 5.82 Å². The van der Waals surface area contributed by atoms with E-state index in [2.05, 4.69) is 5.32 Å². The molecule has 6 heteroatoms. The lowest BCUT2D eigenvalue weighted by Crippen LogP contribution is -2.45. The number of hydrogen-bond acceptors (Lipinski definition) is 3. The SMILES string of the molecule is COC[C@@](C)(CNC(=O)c1ccc(F)cc1Cl)OC. The van der Waals surface area contributed by atoms with E-state index in [0.717, 1.165) is 6.07 Å². The first-order valence-corrected chi connectivity index (χ1v) is 6.07. The molecule has 1 aromatic rings. The van der Waals surface area contributed by atoms with Crippen molar-refractivity contribution in [2.45, 2.75) is 12.5 Å². The Hall–Kier alpha value is -1.17. The lowest BCUT2D eigenvalue weighted by molar-refractivity contribution is -0.0479. The van der Waals surface area contributed by atoms with Crippen molar-refractivity contribution < 1.29 is 18.7 Å². The Balaban J connectivity index is 2.69. The van der Waals surface area contributed by atoms with Crippen molar-refractivity contribution in [1.82, 2.24) is 5.32 Å². The maximum absolute atomic E-state index is 12.9. The first kappa shape index (κ1) is 15.9. The summed E-state index contributed by atoms with van der Waals surface area (Å²) in [5.41, 5.74) is -0.407. The Kier molecular flexibility index (Phi) is 5.72. The van der Waals surface area contributed by atoms with Crippen LogP contribution in [0.4, 0.5) is 4.39 Å². The molecule has 1 rings (SSSR count). The predicted molar refractivity (Wildman–Crippen MR) is 71.0 cm³/mol. The molecule has 0 aromatic heterocycles. The van der Waals surface area contributed by atoms with Crippen LogP contribution >= 0.6 is 11.6 Å². The Morgan fingerprint density at radius 1 is 1.47 bits per heavy atom. The van der Waals surface area contributed by atoms with Crippen molar-refractivity contribution in [3.8, 4) is 0 Å². The summed E-state index contributed by atoms with van der Waals surface area (Å²) in [6, 6.07) is 3.63. The molecule has 1 aromatic carbocycles. The smallest absolute Gasteiger partial charge is 0.252 e. The maximum Gasteiger partial charge on any atom is 0.252 e. The van der Waals surface area contributed by atoms with Crippen LogP contribution in [0.25, 0.3) is 0 Å². The van der Waals surface area contributed by atoms with E-state index in [1.54, 1.807) is 7.11 Å². The highest BCUT2D eigenvalue weighted by atomic mass is 35.5. The molecule has 0 bridgehead atoms. The van der Waals surface area contributed by atoms with E-state index in [1.807, 2.05) is 6.92 Å². The second kappa shape index (κ2) is 6.84. The molecule has 0 spiro atoms. The number of methoxy groups -OCH3 is 2. The van der Waals surface area contributed by atoms with Gasteiger partial charge >= 0.3 is 0 Å². The van der Waals surface area contributed by atoms with Gasteiger partial charge in [-0.2, -0.15) is 0 Å². The first-order valence-electron chi connectivity index (χ1n) is 5.69. The highest BCUT2D eigenvalue weighted by Crippen LogP contribution is 2.17. The van der Waals surface area contributed by atoms with E-state index in [4.69, 9.17) is 21.1 Å². The molecule has 0 radical (unpaired) electrons. The summed E-state index contributed by atoms with van der Waals surface area (Å²) in [5, 5.41) is 2.76. The van der Waals surface area contributed by atoms with E-state index < -0.39 is 11.4 Å². The summed E-state index contributed by atoms with van der Waals surface area (Å²) in [7, 11) is 3.09. The van der Waals surface area contributed by atoms with Gasteiger partial charge in [-0.1, -0.05) is 11.6 Å². The average Bonchev–Trinajstić information content (AvgIpc) is 2.36. The largest absolute Gasteiger partial charge is 0.382 e. The summed E-state index contributed by atoms with van der Waals surface area (Å²) in [6.07, 6.45) is 0. The third-order valence-corrected chi connectivity index (χ3v) is 3.05. The van der Waals surface area contributed by atoms with Gasteiger partial charge in [-0.05, 0) is 25.1 Å². The van der Waals surface area contributed by atoms with Gasteiger partial charge in [0.15, 0.2) is 0 Å². The summed E-state index contributed by atoms with van der Waals surface area (Å²) in [5.74, 6) is -0.868. The van der Waals surface area contributed by atoms with Crippen LogP contribution in [0.2, 0.25) is 5.02 Å². The molecule has 0 aliphatic carbocycles. The molecule has 0 heterocycles. The number of nitrogens with one attached hydrogen (secondary N) is 1. The van der Waals surface area contributed by atoms with Gasteiger partial charge in [-0.15, -0.1) is 0 Å². The monoisotopic (exact) mass is 289 g/mol. The van der Waals surface area contributed by atoms with Crippen LogP contribution in [-0.4, -0.2) is 38.9 Å². The zero-order chi connectivity index (χ0) is 14.5. The summed E-state index contributed by atoms with van der Waals surface area (Å²) >= 11 is 5.81. The minimum atomic E-state index is -0.628. The van der Waals surface area contributed by atoms with Gasteiger partial charge in [0.05, 0.1) is 17.2 Å². The fourth-order valence-electron chi connectivity index (χ4n) is 1.52. The molecular weight excluding hydrogens is 273 g/mol. The van der Waals surface area contributed by atoms with Gasteiger partial charge in [-0.3, -0.25) is 4.79 Å². The molecule has 0 aliphatic rings. The topological polar surface area (TPSA) is 47.6 Å². The molecule has 0 fully saturated rings. The molecule has 0 unspecified atom stereocenters. The van der Waals surface area contributed by atoms with Gasteiger partial charge < -0.3 is 14.8 Å². The predicted octanol–water partition coefficient (Wildman–Crippen LogP) is 2.26. The van der Waals surface area contributed by atoms with E-state index in [0.29, 0.717) is 6.61 Å². The zero-order valence-corrected chi connectivity index (χ0v) is 11.9. The maximum atomic E-state index is 12.9. The van der Waals surface area contributed by atoms with Crippen molar-refractivity contribution >= 4 is 17.5 Å². The molecule has 1 atom stereocenters. The molecule has 19 heavy (non-hydrogen) atoms. The molecule has 0 aliphatic heterocycles. The van der Waals surface area contributed by atoms with Gasteiger partial charge in [0, 0.05) is 20.8 Å². The normalized spacial score (nSPS) is 13.9. The molecule has 0 saturated carbocycles. The number of halogens is 2. The van der Waals surface area contributed by atoms with Crippen molar-refractivity contribution in [2.24, 2.45) is 0 Å². The third-order valence-electron chi connectivity index (χ3n) is 2.74. The van der Waals surface area contributed by atoms with Crippen molar-refractivity contribution in [2.75, 3.05) is 27.4 Å². The molecule has 106 valence electrons. The average molecular weight is 290 g/mol. The van der Waals surface area contributed by atoms with Crippen molar-refractivity contribution in [3.05, 3.63) is 34.6 Å². The number of rotatable bonds is 6. The minimum Gasteiger partial charge on any atom is -0.382 e. The number of ether oxygens (including phenoxy) is 2. The second-order valence-corrected chi connectivity index (χ2v) is 4.80. The van der Waals surface area contributed by atoms with Gasteiger partial charge in [0.2, 0.25) is 0 Å². The lowest BCUT2D eigenvalue weighted by atomic mass is 10.1. The number of carbonyl (C=O) groups is 1. The van der Waals surface area contributed by atoms with Crippen LogP contribution in [0.15, 0.2) is 18.2 Å². The first-order chi connectivity index (χ1) is 8.91. The number of hydrogen-bond donors (Lipinski definition) is 1. The fourth-order valence-corrected chi connectivity index (χ4v) is 1.78. The van der Waals surface area contributed by atoms with E-state index >= 15 is 0 Å². The molecular formula is C13H17ClFNO3. The Bertz CT molecular complexity index is 456. The second-order valence-electron chi connectivity index (χ2n) is 4.39. The van der Waals surface area contributed by atoms with Crippen LogP contribution in [0.5, 0.6) is 0 Å². The zero-order valence-electron chi connectivity index (χ0n) is 11.1. The Morgan fingerprint density at radius 3 is 2.68 bits per heavy atom. The number of amides is 1. The van der Waals surface area contributed by atoms with Crippen molar-refractivity contribution in [1.29, 1.82) is 0 Å². The summed E-state index contributed by atoms with van der Waals surface area (Å²) in [6.45, 7) is 2.40. The van der Waals surface area contributed by atoms with Crippen LogP contribution < -0.4 is 5.32 Å². The Labute approximate surface area is 116 Å². The van der Waals surface area contributed by atoms with Gasteiger partial charge in [0.25, 0.3) is 5.91 Å². The molecule has 0 saturated heterocycles. The molecule has 1 amide bonds. The summed E-state index contributed by atoms with van der Waals surface area (Å²) < 4.78 is 23.2. The minimum absolute atomic E-state index is 0.0726. The Morgan fingerprint density at radius 2 is 2.16 bits per heavy atom.